The number of nitrogens with one attached hydrogen (secondary N) is 1. The van der Waals surface area contributed by atoms with Crippen LogP contribution in [0.4, 0.5) is 0 Å². The first-order chi connectivity index (χ1) is 27.0. The maximum atomic E-state index is 12.5. The lowest BCUT2D eigenvalue weighted by atomic mass is 10.0. The van der Waals surface area contributed by atoms with Gasteiger partial charge in [0.15, 0.2) is 0 Å². The lowest BCUT2D eigenvalue weighted by molar-refractivity contribution is -0.124. The molecule has 0 aliphatic heterocycles. The van der Waals surface area contributed by atoms with Gasteiger partial charge in [0.1, 0.15) is 0 Å². The smallest absolute Gasteiger partial charge is 0.222 e. The fourth-order valence-electron chi connectivity index (χ4n) is 7.99. The summed E-state index contributed by atoms with van der Waals surface area (Å²) < 4.78 is 0. The average Bonchev–Trinajstić information content (AvgIpc) is 3.18. The maximum Gasteiger partial charge on any atom is 0.222 e. The van der Waals surface area contributed by atoms with Crippen LogP contribution in [-0.2, 0) is 4.79 Å². The zero-order valence-corrected chi connectivity index (χ0v) is 37.3. The monoisotopic (exact) mass is 778 g/mol. The van der Waals surface area contributed by atoms with Gasteiger partial charge in [-0.2, -0.15) is 0 Å². The Morgan fingerprint density at radius 1 is 0.455 bits per heavy atom. The molecular weight excluding hydrogens is 679 g/mol. The van der Waals surface area contributed by atoms with Crippen molar-refractivity contribution in [3.8, 4) is 0 Å². The summed E-state index contributed by atoms with van der Waals surface area (Å²) in [7, 11) is 0. The molecule has 0 heterocycles. The van der Waals surface area contributed by atoms with Crippen molar-refractivity contribution in [2.45, 2.75) is 295 Å². The van der Waals surface area contributed by atoms with Crippen LogP contribution >= 0.6 is 0 Å². The molecule has 0 saturated heterocycles. The van der Waals surface area contributed by atoms with Gasteiger partial charge in [-0.05, 0) is 19.3 Å². The van der Waals surface area contributed by atoms with E-state index >= 15 is 0 Å². The standard InChI is InChI=1S/C50H99NO4/c1-3-5-7-9-11-13-15-17-19-21-23-24-26-27-29-31-33-35-37-39-41-43-47(53)45-50(55)51-48(46-52)49(54)44-42-40-38-36-34-32-30-28-25-22-20-18-16-14-12-10-8-6-4-2/h42,44,47-49,52-54H,3-41,43,45-46H2,1-2H3,(H,51,55)/b44-42+. The highest BCUT2D eigenvalue weighted by molar-refractivity contribution is 5.76. The van der Waals surface area contributed by atoms with Crippen molar-refractivity contribution in [2.75, 3.05) is 6.61 Å². The van der Waals surface area contributed by atoms with Crippen molar-refractivity contribution in [1.82, 2.24) is 5.32 Å². The van der Waals surface area contributed by atoms with Crippen molar-refractivity contribution in [3.05, 3.63) is 12.2 Å². The van der Waals surface area contributed by atoms with E-state index in [0.717, 1.165) is 25.7 Å². The Balaban J connectivity index is 3.58. The van der Waals surface area contributed by atoms with Crippen LogP contribution in [0.1, 0.15) is 277 Å². The molecular formula is C50H99NO4. The van der Waals surface area contributed by atoms with Crippen LogP contribution in [0.15, 0.2) is 12.2 Å². The van der Waals surface area contributed by atoms with Gasteiger partial charge < -0.3 is 20.6 Å². The van der Waals surface area contributed by atoms with Crippen LogP contribution in [0.25, 0.3) is 0 Å². The molecule has 328 valence electrons. The van der Waals surface area contributed by atoms with Gasteiger partial charge in [0, 0.05) is 0 Å². The summed E-state index contributed by atoms with van der Waals surface area (Å²) in [6.07, 6.45) is 55.1. The number of hydrogen-bond acceptors (Lipinski definition) is 4. The molecule has 0 aliphatic carbocycles. The minimum atomic E-state index is -0.925. The molecule has 1 amide bonds. The summed E-state index contributed by atoms with van der Waals surface area (Å²) in [6, 6.07) is -0.740. The fourth-order valence-corrected chi connectivity index (χ4v) is 7.99. The van der Waals surface area contributed by atoms with Gasteiger partial charge in [-0.3, -0.25) is 4.79 Å². The van der Waals surface area contributed by atoms with Crippen molar-refractivity contribution >= 4 is 5.91 Å². The Morgan fingerprint density at radius 3 is 1.05 bits per heavy atom. The zero-order valence-electron chi connectivity index (χ0n) is 37.3. The Morgan fingerprint density at radius 2 is 0.745 bits per heavy atom. The zero-order chi connectivity index (χ0) is 40.1. The highest BCUT2D eigenvalue weighted by atomic mass is 16.3. The second-order valence-corrected chi connectivity index (χ2v) is 17.4. The molecule has 5 nitrogen and oxygen atoms in total. The van der Waals surface area contributed by atoms with Crippen LogP contribution in [0, 0.1) is 0 Å². The van der Waals surface area contributed by atoms with Crippen molar-refractivity contribution in [1.29, 1.82) is 0 Å². The second kappa shape index (κ2) is 45.8. The molecule has 3 unspecified atom stereocenters. The molecule has 0 aromatic heterocycles. The molecule has 4 N–H and O–H groups in total. The summed E-state index contributed by atoms with van der Waals surface area (Å²) >= 11 is 0. The van der Waals surface area contributed by atoms with Crippen LogP contribution in [0.2, 0.25) is 0 Å². The molecule has 0 saturated carbocycles. The van der Waals surface area contributed by atoms with Crippen LogP contribution in [0.3, 0.4) is 0 Å². The van der Waals surface area contributed by atoms with E-state index in [0.29, 0.717) is 6.42 Å². The summed E-state index contributed by atoms with van der Waals surface area (Å²) in [5, 5.41) is 33.4. The van der Waals surface area contributed by atoms with E-state index in [9.17, 15) is 20.1 Å². The lowest BCUT2D eigenvalue weighted by Crippen LogP contribution is -2.45. The van der Waals surface area contributed by atoms with E-state index in [1.165, 1.54) is 225 Å². The normalized spacial score (nSPS) is 13.5. The number of carbonyl (C=O) groups is 1. The third-order valence-corrected chi connectivity index (χ3v) is 11.8. The average molecular weight is 778 g/mol. The van der Waals surface area contributed by atoms with Gasteiger partial charge in [-0.1, -0.05) is 264 Å². The molecule has 0 radical (unpaired) electrons. The fraction of sp³-hybridized carbons (Fsp3) is 0.940. The Bertz CT molecular complexity index is 773. The van der Waals surface area contributed by atoms with Gasteiger partial charge in [0.2, 0.25) is 5.91 Å². The summed E-state index contributed by atoms with van der Waals surface area (Å²) in [5.41, 5.74) is 0. The first-order valence-electron chi connectivity index (χ1n) is 25.0. The quantitative estimate of drug-likeness (QED) is 0.0366. The Hall–Kier alpha value is -0.910. The molecule has 5 heteroatoms. The summed E-state index contributed by atoms with van der Waals surface area (Å²) in [4.78, 5) is 12.5. The lowest BCUT2D eigenvalue weighted by Gasteiger charge is -2.21. The number of hydrogen-bond donors (Lipinski definition) is 4. The Kier molecular flexibility index (Phi) is 45.0. The minimum Gasteiger partial charge on any atom is -0.394 e. The van der Waals surface area contributed by atoms with Crippen molar-refractivity contribution < 1.29 is 20.1 Å². The number of unbranched alkanes of at least 4 members (excludes halogenated alkanes) is 37. The van der Waals surface area contributed by atoms with E-state index in [4.69, 9.17) is 0 Å². The van der Waals surface area contributed by atoms with E-state index in [-0.39, 0.29) is 18.9 Å². The van der Waals surface area contributed by atoms with E-state index in [1.807, 2.05) is 6.08 Å². The number of amides is 1. The highest BCUT2D eigenvalue weighted by Gasteiger charge is 2.20. The molecule has 0 aromatic rings. The minimum absolute atomic E-state index is 0.0192. The Labute approximate surface area is 344 Å². The second-order valence-electron chi connectivity index (χ2n) is 17.4. The highest BCUT2D eigenvalue weighted by Crippen LogP contribution is 2.17. The number of aliphatic hydroxyl groups is 3. The molecule has 0 aliphatic rings. The predicted molar refractivity (Wildman–Crippen MR) is 241 cm³/mol. The van der Waals surface area contributed by atoms with Gasteiger partial charge in [0.05, 0.1) is 31.3 Å². The van der Waals surface area contributed by atoms with Gasteiger partial charge in [-0.15, -0.1) is 0 Å². The SMILES string of the molecule is CCCCCCCCCCCCCCCCCCC/C=C/C(O)C(CO)NC(=O)CC(O)CCCCCCCCCCCCCCCCCCCCCCC. The van der Waals surface area contributed by atoms with Crippen molar-refractivity contribution in [3.63, 3.8) is 0 Å². The molecule has 0 fully saturated rings. The van der Waals surface area contributed by atoms with Crippen LogP contribution < -0.4 is 5.32 Å². The first-order valence-corrected chi connectivity index (χ1v) is 25.0. The van der Waals surface area contributed by atoms with Gasteiger partial charge in [0.25, 0.3) is 0 Å². The maximum absolute atomic E-state index is 12.5. The molecule has 3 atom stereocenters. The molecule has 0 rings (SSSR count). The van der Waals surface area contributed by atoms with Crippen LogP contribution in [-0.4, -0.2) is 46.1 Å². The molecule has 0 aromatic carbocycles. The number of rotatable bonds is 46. The van der Waals surface area contributed by atoms with E-state index in [2.05, 4.69) is 19.2 Å². The molecule has 55 heavy (non-hydrogen) atoms. The van der Waals surface area contributed by atoms with Crippen molar-refractivity contribution in [2.24, 2.45) is 0 Å². The van der Waals surface area contributed by atoms with E-state index in [1.54, 1.807) is 6.08 Å². The van der Waals surface area contributed by atoms with Gasteiger partial charge in [-0.25, -0.2) is 0 Å². The van der Waals surface area contributed by atoms with Crippen LogP contribution in [0.5, 0.6) is 0 Å². The predicted octanol–water partition coefficient (Wildman–Crippen LogP) is 14.8. The third kappa shape index (κ3) is 42.5. The number of allylic oxidation sites excluding steroid dienone is 1. The molecule has 0 spiro atoms. The topological polar surface area (TPSA) is 89.8 Å². The number of aliphatic hydroxyl groups excluding tert-OH is 3. The first kappa shape index (κ1) is 54.1. The third-order valence-electron chi connectivity index (χ3n) is 11.8. The summed E-state index contributed by atoms with van der Waals surface area (Å²) in [6.45, 7) is 4.24. The molecule has 0 bridgehead atoms. The largest absolute Gasteiger partial charge is 0.394 e. The number of carbonyl (C=O) groups excluding carboxylic acids is 1. The van der Waals surface area contributed by atoms with Gasteiger partial charge >= 0.3 is 0 Å². The summed E-state index contributed by atoms with van der Waals surface area (Å²) in [5.74, 6) is -0.310. The van der Waals surface area contributed by atoms with E-state index < -0.39 is 18.2 Å².